The lowest BCUT2D eigenvalue weighted by atomic mass is 10.1. The van der Waals surface area contributed by atoms with E-state index in [0.717, 1.165) is 0 Å². The van der Waals surface area contributed by atoms with Gasteiger partial charge < -0.3 is 4.42 Å². The predicted octanol–water partition coefficient (Wildman–Crippen LogP) is 3.39. The van der Waals surface area contributed by atoms with Crippen LogP contribution in [0, 0.1) is 0 Å². The molecule has 0 N–H and O–H groups in total. The van der Waals surface area contributed by atoms with Gasteiger partial charge in [0.05, 0.1) is 5.39 Å². The molecule has 2 aromatic carbocycles. The molecule has 0 bridgehead atoms. The van der Waals surface area contributed by atoms with E-state index in [1.54, 1.807) is 48.5 Å². The Balaban J connectivity index is 2.52. The quantitative estimate of drug-likeness (QED) is 0.679. The molecule has 4 nitrogen and oxygen atoms in total. The minimum absolute atomic E-state index is 0.0469. The normalized spacial score (nSPS) is 11.7. The number of rotatable bonds is 2. The van der Waals surface area contributed by atoms with Crippen molar-refractivity contribution in [2.24, 2.45) is 0 Å². The molecule has 1 heterocycles. The first-order chi connectivity index (χ1) is 9.98. The zero-order valence-electron chi connectivity index (χ0n) is 10.6. The maximum Gasteiger partial charge on any atom is 0.268 e. The van der Waals surface area contributed by atoms with Gasteiger partial charge in [0.1, 0.15) is 5.58 Å². The van der Waals surface area contributed by atoms with Crippen LogP contribution in [-0.4, -0.2) is 8.42 Å². The number of halogens is 1. The molecule has 3 aromatic rings. The number of benzene rings is 2. The molecular weight excluding hydrogens is 312 g/mol. The molecule has 0 fully saturated rings. The molecule has 6 heteroatoms. The van der Waals surface area contributed by atoms with Crippen molar-refractivity contribution in [2.75, 3.05) is 0 Å². The topological polar surface area (TPSA) is 64.3 Å². The van der Waals surface area contributed by atoms with E-state index >= 15 is 0 Å². The van der Waals surface area contributed by atoms with Crippen LogP contribution in [0.2, 0.25) is 0 Å². The van der Waals surface area contributed by atoms with Gasteiger partial charge in [-0.2, -0.15) is 0 Å². The van der Waals surface area contributed by atoms with Crippen LogP contribution in [0.3, 0.4) is 0 Å². The van der Waals surface area contributed by atoms with Gasteiger partial charge in [-0.05, 0) is 12.1 Å². The van der Waals surface area contributed by atoms with Gasteiger partial charge in [0.2, 0.25) is 5.43 Å². The van der Waals surface area contributed by atoms with Crippen molar-refractivity contribution < 1.29 is 12.8 Å². The van der Waals surface area contributed by atoms with Crippen LogP contribution in [-0.2, 0) is 9.05 Å². The molecule has 0 atom stereocenters. The van der Waals surface area contributed by atoms with Crippen LogP contribution in [0.25, 0.3) is 22.3 Å². The second kappa shape index (κ2) is 5.02. The van der Waals surface area contributed by atoms with Gasteiger partial charge in [-0.1, -0.05) is 42.5 Å². The summed E-state index contributed by atoms with van der Waals surface area (Å²) in [5.74, 6) is -0.0469. The molecule has 0 aliphatic heterocycles. The van der Waals surface area contributed by atoms with E-state index in [9.17, 15) is 13.2 Å². The fourth-order valence-electron chi connectivity index (χ4n) is 2.13. The van der Waals surface area contributed by atoms with Crippen molar-refractivity contribution in [2.45, 2.75) is 4.90 Å². The molecule has 0 spiro atoms. The van der Waals surface area contributed by atoms with E-state index in [-0.39, 0.29) is 11.1 Å². The van der Waals surface area contributed by atoms with Gasteiger partial charge in [0.15, 0.2) is 10.7 Å². The minimum Gasteiger partial charge on any atom is -0.454 e. The third-order valence-electron chi connectivity index (χ3n) is 3.04. The smallest absolute Gasteiger partial charge is 0.268 e. The molecule has 0 saturated carbocycles. The molecule has 106 valence electrons. The van der Waals surface area contributed by atoms with Gasteiger partial charge in [-0.25, -0.2) is 8.42 Å². The second-order valence-corrected chi connectivity index (χ2v) is 6.89. The molecule has 21 heavy (non-hydrogen) atoms. The van der Waals surface area contributed by atoms with Crippen molar-refractivity contribution in [3.8, 4) is 11.3 Å². The molecule has 0 aliphatic carbocycles. The summed E-state index contributed by atoms with van der Waals surface area (Å²) >= 11 is 0. The van der Waals surface area contributed by atoms with Gasteiger partial charge in [-0.15, -0.1) is 0 Å². The van der Waals surface area contributed by atoms with Crippen molar-refractivity contribution in [1.82, 2.24) is 0 Å². The first kappa shape index (κ1) is 13.9. The Bertz CT molecular complexity index is 975. The van der Waals surface area contributed by atoms with E-state index in [1.165, 1.54) is 6.07 Å². The predicted molar refractivity (Wildman–Crippen MR) is 81.0 cm³/mol. The van der Waals surface area contributed by atoms with Crippen molar-refractivity contribution in [3.63, 3.8) is 0 Å². The average Bonchev–Trinajstić information content (AvgIpc) is 2.46. The van der Waals surface area contributed by atoms with Crippen LogP contribution >= 0.6 is 10.7 Å². The van der Waals surface area contributed by atoms with E-state index in [2.05, 4.69) is 0 Å². The van der Waals surface area contributed by atoms with Gasteiger partial charge in [0, 0.05) is 16.2 Å². The lowest BCUT2D eigenvalue weighted by molar-refractivity contribution is 0.585. The Labute approximate surface area is 125 Å². The van der Waals surface area contributed by atoms with E-state index < -0.39 is 19.4 Å². The maximum absolute atomic E-state index is 12.4. The van der Waals surface area contributed by atoms with Crippen LogP contribution in [0.1, 0.15) is 0 Å². The Hall–Kier alpha value is -2.11. The van der Waals surface area contributed by atoms with Gasteiger partial charge in [-0.3, -0.25) is 4.79 Å². The molecule has 0 radical (unpaired) electrons. The van der Waals surface area contributed by atoms with E-state index in [0.29, 0.717) is 11.1 Å². The Morgan fingerprint density at radius 3 is 2.19 bits per heavy atom. The Morgan fingerprint density at radius 1 is 0.905 bits per heavy atom. The summed E-state index contributed by atoms with van der Waals surface area (Å²) in [5.41, 5.74) is 0.121. The highest BCUT2D eigenvalue weighted by molar-refractivity contribution is 8.13. The maximum atomic E-state index is 12.4. The second-order valence-electron chi connectivity index (χ2n) is 4.39. The molecule has 0 unspecified atom stereocenters. The Kier molecular flexibility index (Phi) is 3.31. The minimum atomic E-state index is -4.24. The van der Waals surface area contributed by atoms with Crippen molar-refractivity contribution in [1.29, 1.82) is 0 Å². The highest BCUT2D eigenvalue weighted by atomic mass is 35.7. The van der Waals surface area contributed by atoms with E-state index in [1.807, 2.05) is 0 Å². The molecular formula is C15H9ClO4S. The molecule has 3 rings (SSSR count). The fraction of sp³-hybridized carbons (Fsp3) is 0. The van der Waals surface area contributed by atoms with Crippen LogP contribution in [0.4, 0.5) is 0 Å². The van der Waals surface area contributed by atoms with Crippen LogP contribution in [0.15, 0.2) is 68.7 Å². The number of hydrogen-bond acceptors (Lipinski definition) is 4. The summed E-state index contributed by atoms with van der Waals surface area (Å²) < 4.78 is 29.2. The average molecular weight is 321 g/mol. The summed E-state index contributed by atoms with van der Waals surface area (Å²) in [6, 6.07) is 15.0. The fourth-order valence-corrected chi connectivity index (χ4v) is 3.26. The lowest BCUT2D eigenvalue weighted by Crippen LogP contribution is -2.13. The zero-order chi connectivity index (χ0) is 15.0. The van der Waals surface area contributed by atoms with Gasteiger partial charge >= 0.3 is 0 Å². The molecule has 0 aliphatic rings. The highest BCUT2D eigenvalue weighted by Gasteiger charge is 2.25. The molecule has 0 saturated heterocycles. The summed E-state index contributed by atoms with van der Waals surface area (Å²) in [5, 5.41) is 0.177. The lowest BCUT2D eigenvalue weighted by Gasteiger charge is -2.07. The summed E-state index contributed by atoms with van der Waals surface area (Å²) in [6.07, 6.45) is 0. The number of hydrogen-bond donors (Lipinski definition) is 0. The van der Waals surface area contributed by atoms with Crippen LogP contribution in [0.5, 0.6) is 0 Å². The van der Waals surface area contributed by atoms with Crippen molar-refractivity contribution >= 4 is 30.7 Å². The summed E-state index contributed by atoms with van der Waals surface area (Å²) in [7, 11) is 1.19. The molecule has 0 amide bonds. The highest BCUT2D eigenvalue weighted by Crippen LogP contribution is 2.30. The zero-order valence-corrected chi connectivity index (χ0v) is 12.2. The standard InChI is InChI=1S/C15H9ClO4S/c16-21(18,19)15-13(17)11-8-4-5-9-12(11)20-14(15)10-6-2-1-3-7-10/h1-9H. The third-order valence-corrected chi connectivity index (χ3v) is 4.36. The number of para-hydroxylation sites is 1. The SMILES string of the molecule is O=c1c(S(=O)(=O)Cl)c(-c2ccccc2)oc2ccccc12. The first-order valence-electron chi connectivity index (χ1n) is 6.04. The summed E-state index contributed by atoms with van der Waals surface area (Å²) in [4.78, 5) is 11.9. The number of fused-ring (bicyclic) bond motifs is 1. The van der Waals surface area contributed by atoms with Crippen molar-refractivity contribution in [3.05, 3.63) is 64.8 Å². The monoisotopic (exact) mass is 320 g/mol. The van der Waals surface area contributed by atoms with Crippen LogP contribution < -0.4 is 5.43 Å². The third kappa shape index (κ3) is 2.46. The van der Waals surface area contributed by atoms with E-state index in [4.69, 9.17) is 15.1 Å². The summed E-state index contributed by atoms with van der Waals surface area (Å²) in [6.45, 7) is 0. The Morgan fingerprint density at radius 2 is 1.52 bits per heavy atom. The largest absolute Gasteiger partial charge is 0.454 e. The van der Waals surface area contributed by atoms with Gasteiger partial charge in [0.25, 0.3) is 9.05 Å². The first-order valence-corrected chi connectivity index (χ1v) is 8.35. The molecule has 1 aromatic heterocycles.